The Labute approximate surface area is 140 Å². The number of benzene rings is 1. The van der Waals surface area contributed by atoms with E-state index in [-0.39, 0.29) is 12.3 Å². The lowest BCUT2D eigenvalue weighted by Crippen LogP contribution is -2.14. The molecule has 0 aliphatic rings. The monoisotopic (exact) mass is 339 g/mol. The van der Waals surface area contributed by atoms with E-state index in [9.17, 15) is 4.79 Å². The van der Waals surface area contributed by atoms with Crippen LogP contribution in [0.15, 0.2) is 53.4 Å². The highest BCUT2D eigenvalue weighted by molar-refractivity contribution is 7.20. The van der Waals surface area contributed by atoms with E-state index in [1.54, 1.807) is 22.7 Å². The molecule has 4 nitrogen and oxygen atoms in total. The number of hydrogen-bond donors (Lipinski definition) is 2. The number of nitrogens with zero attached hydrogens (tertiary/aromatic N) is 1. The van der Waals surface area contributed by atoms with Gasteiger partial charge in [0.1, 0.15) is 5.01 Å². The summed E-state index contributed by atoms with van der Waals surface area (Å²) < 4.78 is 0. The number of hydrogen-bond acceptors (Lipinski definition) is 4. The highest BCUT2D eigenvalue weighted by Gasteiger charge is 2.11. The molecule has 3 heterocycles. The molecule has 0 atom stereocenters. The van der Waals surface area contributed by atoms with Crippen molar-refractivity contribution in [1.29, 1.82) is 0 Å². The molecule has 0 unspecified atom stereocenters. The van der Waals surface area contributed by atoms with Gasteiger partial charge < -0.3 is 10.3 Å². The summed E-state index contributed by atoms with van der Waals surface area (Å²) in [7, 11) is 0. The fraction of sp³-hybridized carbons (Fsp3) is 0.0588. The van der Waals surface area contributed by atoms with Gasteiger partial charge in [0.05, 0.1) is 22.7 Å². The van der Waals surface area contributed by atoms with Gasteiger partial charge in [0.2, 0.25) is 5.91 Å². The number of H-pyrrole nitrogens is 1. The van der Waals surface area contributed by atoms with E-state index in [2.05, 4.69) is 15.3 Å². The average molecular weight is 339 g/mol. The second-order valence-electron chi connectivity index (χ2n) is 5.09. The molecule has 0 saturated heterocycles. The molecule has 23 heavy (non-hydrogen) atoms. The molecule has 1 amide bonds. The molecule has 6 heteroatoms. The molecule has 1 aromatic carbocycles. The van der Waals surface area contributed by atoms with E-state index in [0.29, 0.717) is 0 Å². The third-order valence-corrected chi connectivity index (χ3v) is 5.42. The molecule has 0 bridgehead atoms. The number of amides is 1. The van der Waals surface area contributed by atoms with Gasteiger partial charge in [-0.05, 0) is 29.6 Å². The van der Waals surface area contributed by atoms with Crippen LogP contribution in [0.4, 0.5) is 5.69 Å². The zero-order valence-electron chi connectivity index (χ0n) is 12.1. The molecule has 114 valence electrons. The molecule has 0 radical (unpaired) electrons. The number of anilines is 1. The van der Waals surface area contributed by atoms with E-state index in [1.807, 2.05) is 53.4 Å². The molecule has 4 rings (SSSR count). The zero-order chi connectivity index (χ0) is 15.6. The predicted octanol–water partition coefficient (Wildman–Crippen LogP) is 4.53. The van der Waals surface area contributed by atoms with Gasteiger partial charge in [-0.1, -0.05) is 12.1 Å². The van der Waals surface area contributed by atoms with Gasteiger partial charge in [0.15, 0.2) is 0 Å². The minimum atomic E-state index is -0.0540. The minimum absolute atomic E-state index is 0.0540. The third kappa shape index (κ3) is 2.91. The van der Waals surface area contributed by atoms with E-state index in [1.165, 1.54) is 0 Å². The van der Waals surface area contributed by atoms with Crippen LogP contribution in [0.1, 0.15) is 5.69 Å². The van der Waals surface area contributed by atoms with Crippen molar-refractivity contribution >= 4 is 45.2 Å². The van der Waals surface area contributed by atoms with Gasteiger partial charge in [-0.2, -0.15) is 0 Å². The summed E-state index contributed by atoms with van der Waals surface area (Å²) in [6.07, 6.45) is 2.15. The van der Waals surface area contributed by atoms with Crippen molar-refractivity contribution in [2.45, 2.75) is 6.42 Å². The smallest absolute Gasteiger partial charge is 0.230 e. The molecule has 0 fully saturated rings. The van der Waals surface area contributed by atoms with Crippen LogP contribution in [-0.4, -0.2) is 15.9 Å². The maximum absolute atomic E-state index is 12.3. The fourth-order valence-corrected chi connectivity index (χ4v) is 4.09. The quantitative estimate of drug-likeness (QED) is 0.574. The number of carbonyl (C=O) groups is 1. The van der Waals surface area contributed by atoms with Crippen molar-refractivity contribution in [3.8, 4) is 9.88 Å². The summed E-state index contributed by atoms with van der Waals surface area (Å²) in [5, 5.41) is 8.93. The molecular formula is C17H13N3OS2. The third-order valence-electron chi connectivity index (χ3n) is 3.49. The van der Waals surface area contributed by atoms with Crippen molar-refractivity contribution in [2.24, 2.45) is 0 Å². The highest BCUT2D eigenvalue weighted by atomic mass is 32.1. The van der Waals surface area contributed by atoms with Crippen molar-refractivity contribution in [1.82, 2.24) is 9.97 Å². The van der Waals surface area contributed by atoms with Crippen LogP contribution in [-0.2, 0) is 11.2 Å². The summed E-state index contributed by atoms with van der Waals surface area (Å²) in [6.45, 7) is 0. The van der Waals surface area contributed by atoms with Crippen LogP contribution in [0.25, 0.3) is 20.8 Å². The van der Waals surface area contributed by atoms with Crippen LogP contribution < -0.4 is 5.32 Å². The van der Waals surface area contributed by atoms with Crippen LogP contribution in [0.3, 0.4) is 0 Å². The Balaban J connectivity index is 1.49. The largest absolute Gasteiger partial charge is 0.361 e. The summed E-state index contributed by atoms with van der Waals surface area (Å²) in [5.74, 6) is -0.0540. The number of aromatic amines is 1. The normalized spacial score (nSPS) is 11.0. The topological polar surface area (TPSA) is 57.8 Å². The van der Waals surface area contributed by atoms with Crippen molar-refractivity contribution in [3.63, 3.8) is 0 Å². The Hall–Kier alpha value is -2.44. The lowest BCUT2D eigenvalue weighted by atomic mass is 10.2. The molecule has 0 spiro atoms. The van der Waals surface area contributed by atoms with E-state index < -0.39 is 0 Å². The van der Waals surface area contributed by atoms with Crippen LogP contribution >= 0.6 is 22.7 Å². The minimum Gasteiger partial charge on any atom is -0.361 e. The number of rotatable bonds is 4. The van der Waals surface area contributed by atoms with Gasteiger partial charge >= 0.3 is 0 Å². The number of thiophene rings is 1. The van der Waals surface area contributed by atoms with Crippen molar-refractivity contribution in [2.75, 3.05) is 5.32 Å². The summed E-state index contributed by atoms with van der Waals surface area (Å²) in [6, 6.07) is 11.8. The Morgan fingerprint density at radius 3 is 3.00 bits per heavy atom. The number of nitrogens with one attached hydrogen (secondary N) is 2. The first-order valence-corrected chi connectivity index (χ1v) is 8.90. The van der Waals surface area contributed by atoms with Gasteiger partial charge in [-0.3, -0.25) is 4.79 Å². The lowest BCUT2D eigenvalue weighted by Gasteiger charge is -2.05. The number of fused-ring (bicyclic) bond motifs is 1. The van der Waals surface area contributed by atoms with Crippen LogP contribution in [0.2, 0.25) is 0 Å². The molecule has 0 aliphatic heterocycles. The number of carbonyl (C=O) groups excluding carboxylic acids is 1. The molecular weight excluding hydrogens is 326 g/mol. The highest BCUT2D eigenvalue weighted by Crippen LogP contribution is 2.28. The summed E-state index contributed by atoms with van der Waals surface area (Å²) in [4.78, 5) is 21.1. The Morgan fingerprint density at radius 1 is 1.17 bits per heavy atom. The Morgan fingerprint density at radius 2 is 2.13 bits per heavy atom. The second kappa shape index (κ2) is 5.98. The molecule has 0 saturated carbocycles. The molecule has 4 aromatic rings. The summed E-state index contributed by atoms with van der Waals surface area (Å²) >= 11 is 3.23. The predicted molar refractivity (Wildman–Crippen MR) is 96.1 cm³/mol. The van der Waals surface area contributed by atoms with Crippen molar-refractivity contribution < 1.29 is 4.79 Å². The molecule has 0 aliphatic carbocycles. The Bertz CT molecular complexity index is 953. The van der Waals surface area contributed by atoms with E-state index in [0.717, 1.165) is 32.2 Å². The van der Waals surface area contributed by atoms with Crippen molar-refractivity contribution in [3.05, 3.63) is 59.0 Å². The zero-order valence-corrected chi connectivity index (χ0v) is 13.7. The van der Waals surface area contributed by atoms with Crippen LogP contribution in [0, 0.1) is 0 Å². The van der Waals surface area contributed by atoms with E-state index in [4.69, 9.17) is 0 Å². The van der Waals surface area contributed by atoms with Gasteiger partial charge in [-0.15, -0.1) is 22.7 Å². The first kappa shape index (κ1) is 14.2. The number of thiazole rings is 1. The molecule has 2 N–H and O–H groups in total. The second-order valence-corrected chi connectivity index (χ2v) is 6.90. The SMILES string of the molecule is O=C(Cc1csc(-c2cccs2)n1)Nc1cccc2[nH]ccc12. The lowest BCUT2D eigenvalue weighted by molar-refractivity contribution is -0.115. The molecule has 3 aromatic heterocycles. The summed E-state index contributed by atoms with van der Waals surface area (Å²) in [5.41, 5.74) is 2.64. The first-order chi connectivity index (χ1) is 11.3. The maximum Gasteiger partial charge on any atom is 0.230 e. The number of aromatic nitrogens is 2. The maximum atomic E-state index is 12.3. The standard InChI is InChI=1S/C17H13N3OS2/c21-16(20-14-4-1-3-13-12(14)6-7-18-13)9-11-10-23-17(19-11)15-5-2-8-22-15/h1-8,10,18H,9H2,(H,20,21). The van der Waals surface area contributed by atoms with Gasteiger partial charge in [-0.25, -0.2) is 4.98 Å². The fourth-order valence-electron chi connectivity index (χ4n) is 2.45. The van der Waals surface area contributed by atoms with Crippen LogP contribution in [0.5, 0.6) is 0 Å². The van der Waals surface area contributed by atoms with Gasteiger partial charge in [0, 0.05) is 22.5 Å². The Kier molecular flexibility index (Phi) is 3.69. The first-order valence-electron chi connectivity index (χ1n) is 7.14. The van der Waals surface area contributed by atoms with Gasteiger partial charge in [0.25, 0.3) is 0 Å². The average Bonchev–Trinajstić information content (AvgIpc) is 3.28. The van der Waals surface area contributed by atoms with E-state index >= 15 is 0 Å².